The number of fused-ring (bicyclic) bond motifs is 1. The quantitative estimate of drug-likeness (QED) is 0.788. The lowest BCUT2D eigenvalue weighted by atomic mass is 9.77. The molecular weight excluding hydrogens is 393 g/mol. The molecule has 2 fully saturated rings. The molecule has 1 aromatic carbocycles. The van der Waals surface area contributed by atoms with E-state index in [4.69, 9.17) is 9.97 Å². The molecule has 164 valence electrons. The number of carbonyl (C=O) groups excluding carboxylic acids is 1. The highest BCUT2D eigenvalue weighted by Gasteiger charge is 2.48. The summed E-state index contributed by atoms with van der Waals surface area (Å²) in [6.07, 6.45) is 6.21. The fraction of sp³-hybridized carbons (Fsp3) is 0.542. The van der Waals surface area contributed by atoms with Gasteiger partial charge in [-0.1, -0.05) is 25.0 Å². The summed E-state index contributed by atoms with van der Waals surface area (Å²) in [6.45, 7) is 2.38. The molecule has 5 rings (SSSR count). The zero-order valence-corrected chi connectivity index (χ0v) is 18.1. The summed E-state index contributed by atoms with van der Waals surface area (Å²) in [4.78, 5) is 25.8. The van der Waals surface area contributed by atoms with Crippen molar-refractivity contribution in [1.82, 2.24) is 20.2 Å². The minimum atomic E-state index is -0.630. The second kappa shape index (κ2) is 8.19. The van der Waals surface area contributed by atoms with E-state index in [1.165, 1.54) is 6.07 Å². The first-order valence-electron chi connectivity index (χ1n) is 11.5. The Morgan fingerprint density at radius 3 is 2.87 bits per heavy atom. The van der Waals surface area contributed by atoms with E-state index < -0.39 is 5.41 Å². The van der Waals surface area contributed by atoms with Crippen molar-refractivity contribution in [3.8, 4) is 0 Å². The van der Waals surface area contributed by atoms with E-state index in [1.807, 2.05) is 18.0 Å². The highest BCUT2D eigenvalue weighted by Crippen LogP contribution is 2.45. The first kappa shape index (κ1) is 20.4. The molecule has 1 unspecified atom stereocenters. The summed E-state index contributed by atoms with van der Waals surface area (Å²) < 4.78 is 14.1. The molecule has 0 spiro atoms. The normalized spacial score (nSPS) is 22.4. The van der Waals surface area contributed by atoms with Crippen LogP contribution in [0.3, 0.4) is 0 Å². The first-order valence-corrected chi connectivity index (χ1v) is 11.5. The minimum absolute atomic E-state index is 0.118. The lowest BCUT2D eigenvalue weighted by molar-refractivity contribution is -0.138. The monoisotopic (exact) mass is 423 g/mol. The van der Waals surface area contributed by atoms with Gasteiger partial charge in [-0.3, -0.25) is 4.79 Å². The Kier molecular flexibility index (Phi) is 5.38. The van der Waals surface area contributed by atoms with Crippen molar-refractivity contribution in [2.75, 3.05) is 25.5 Å². The number of halogens is 1. The Hall–Kier alpha value is -2.54. The van der Waals surface area contributed by atoms with Gasteiger partial charge in [0.05, 0.1) is 17.2 Å². The molecule has 7 heteroatoms. The van der Waals surface area contributed by atoms with Crippen LogP contribution in [0.4, 0.5) is 10.2 Å². The van der Waals surface area contributed by atoms with Crippen molar-refractivity contribution in [3.63, 3.8) is 0 Å². The van der Waals surface area contributed by atoms with Crippen molar-refractivity contribution >= 4 is 11.7 Å². The molecule has 1 saturated carbocycles. The molecule has 2 aliphatic heterocycles. The summed E-state index contributed by atoms with van der Waals surface area (Å²) in [5.74, 6) is 1.43. The van der Waals surface area contributed by atoms with Crippen LogP contribution in [-0.2, 0) is 23.2 Å². The number of nitrogens with zero attached hydrogens (tertiary/aromatic N) is 3. The van der Waals surface area contributed by atoms with E-state index in [-0.39, 0.29) is 17.8 Å². The number of carbonyl (C=O) groups is 1. The van der Waals surface area contributed by atoms with Crippen LogP contribution in [0.25, 0.3) is 0 Å². The number of likely N-dealkylation sites (tertiary alicyclic amines) is 1. The molecule has 1 aromatic heterocycles. The SMILES string of the molecule is CNc1nc(C2CCCN2C(=O)C2(c3cccc(F)c3)CCCC2)nc2c1CNCC2. The number of nitrogens with one attached hydrogen (secondary N) is 2. The number of benzene rings is 1. The van der Waals surface area contributed by atoms with Crippen LogP contribution >= 0.6 is 0 Å². The maximum absolute atomic E-state index is 14.1. The first-order chi connectivity index (χ1) is 15.1. The molecule has 1 atom stereocenters. The van der Waals surface area contributed by atoms with Gasteiger partial charge in [0, 0.05) is 38.7 Å². The van der Waals surface area contributed by atoms with Gasteiger partial charge in [0.15, 0.2) is 5.82 Å². The van der Waals surface area contributed by atoms with Crippen LogP contribution < -0.4 is 10.6 Å². The van der Waals surface area contributed by atoms with E-state index >= 15 is 0 Å². The molecule has 2 aromatic rings. The fourth-order valence-electron chi connectivity index (χ4n) is 5.66. The molecular formula is C24H30FN5O. The molecule has 1 amide bonds. The highest BCUT2D eigenvalue weighted by molar-refractivity contribution is 5.89. The number of rotatable bonds is 4. The largest absolute Gasteiger partial charge is 0.373 e. The fourth-order valence-corrected chi connectivity index (χ4v) is 5.66. The average molecular weight is 424 g/mol. The molecule has 31 heavy (non-hydrogen) atoms. The van der Waals surface area contributed by atoms with E-state index in [2.05, 4.69) is 10.6 Å². The van der Waals surface area contributed by atoms with Crippen molar-refractivity contribution in [2.24, 2.45) is 0 Å². The molecule has 6 nitrogen and oxygen atoms in total. The summed E-state index contributed by atoms with van der Waals surface area (Å²) in [5, 5.41) is 6.60. The van der Waals surface area contributed by atoms with Gasteiger partial charge in [-0.15, -0.1) is 0 Å². The minimum Gasteiger partial charge on any atom is -0.373 e. The Labute approximate surface area is 182 Å². The number of amides is 1. The van der Waals surface area contributed by atoms with Crippen molar-refractivity contribution in [2.45, 2.75) is 62.9 Å². The molecule has 3 heterocycles. The van der Waals surface area contributed by atoms with Gasteiger partial charge >= 0.3 is 0 Å². The summed E-state index contributed by atoms with van der Waals surface area (Å²) in [7, 11) is 1.88. The van der Waals surface area contributed by atoms with Gasteiger partial charge in [-0.25, -0.2) is 14.4 Å². The third-order valence-corrected chi connectivity index (χ3v) is 7.24. The number of aromatic nitrogens is 2. The van der Waals surface area contributed by atoms with E-state index in [0.29, 0.717) is 6.54 Å². The van der Waals surface area contributed by atoms with Gasteiger partial charge in [0.1, 0.15) is 11.6 Å². The van der Waals surface area contributed by atoms with Crippen LogP contribution in [0, 0.1) is 5.82 Å². The van der Waals surface area contributed by atoms with Gasteiger partial charge in [-0.05, 0) is 43.4 Å². The topological polar surface area (TPSA) is 70.2 Å². The highest BCUT2D eigenvalue weighted by atomic mass is 19.1. The van der Waals surface area contributed by atoms with Crippen molar-refractivity contribution in [1.29, 1.82) is 0 Å². The standard InChI is InChI=1S/C24H30FN5O/c1-26-21-18-15-27-12-9-19(18)28-22(29-21)20-8-5-13-30(20)23(31)24(10-2-3-11-24)16-6-4-7-17(25)14-16/h4,6-7,14,20,27H,2-3,5,8-13,15H2,1H3,(H,26,28,29). The number of anilines is 1. The molecule has 3 aliphatic rings. The van der Waals surface area contributed by atoms with Gasteiger partial charge in [0.25, 0.3) is 0 Å². The Morgan fingerprint density at radius 2 is 2.10 bits per heavy atom. The summed E-state index contributed by atoms with van der Waals surface area (Å²) >= 11 is 0. The summed E-state index contributed by atoms with van der Waals surface area (Å²) in [6, 6.07) is 6.52. The van der Waals surface area contributed by atoms with Crippen LogP contribution in [-0.4, -0.2) is 40.9 Å². The second-order valence-corrected chi connectivity index (χ2v) is 8.99. The van der Waals surface area contributed by atoms with Crippen LogP contribution in [0.2, 0.25) is 0 Å². The van der Waals surface area contributed by atoms with Gasteiger partial charge < -0.3 is 15.5 Å². The predicted octanol–water partition coefficient (Wildman–Crippen LogP) is 3.48. The zero-order chi connectivity index (χ0) is 21.4. The smallest absolute Gasteiger partial charge is 0.233 e. The van der Waals surface area contributed by atoms with Gasteiger partial charge in [0.2, 0.25) is 5.91 Å². The van der Waals surface area contributed by atoms with Crippen molar-refractivity contribution in [3.05, 3.63) is 52.7 Å². The Balaban J connectivity index is 1.51. The van der Waals surface area contributed by atoms with Gasteiger partial charge in [-0.2, -0.15) is 0 Å². The molecule has 1 aliphatic carbocycles. The molecule has 0 radical (unpaired) electrons. The van der Waals surface area contributed by atoms with Crippen LogP contribution in [0.1, 0.15) is 67.2 Å². The zero-order valence-electron chi connectivity index (χ0n) is 18.1. The molecule has 2 N–H and O–H groups in total. The maximum atomic E-state index is 14.1. The van der Waals surface area contributed by atoms with E-state index in [9.17, 15) is 9.18 Å². The number of hydrogen-bond donors (Lipinski definition) is 2. The predicted molar refractivity (Wildman–Crippen MR) is 117 cm³/mol. The Bertz CT molecular complexity index is 971. The Morgan fingerprint density at radius 1 is 1.26 bits per heavy atom. The van der Waals surface area contributed by atoms with Crippen molar-refractivity contribution < 1.29 is 9.18 Å². The second-order valence-electron chi connectivity index (χ2n) is 8.99. The van der Waals surface area contributed by atoms with E-state index in [0.717, 1.165) is 86.5 Å². The lowest BCUT2D eigenvalue weighted by Crippen LogP contribution is -2.45. The number of hydrogen-bond acceptors (Lipinski definition) is 5. The van der Waals surface area contributed by atoms with Crippen LogP contribution in [0.5, 0.6) is 0 Å². The van der Waals surface area contributed by atoms with Crippen LogP contribution in [0.15, 0.2) is 24.3 Å². The average Bonchev–Trinajstić information content (AvgIpc) is 3.48. The maximum Gasteiger partial charge on any atom is 0.233 e. The third-order valence-electron chi connectivity index (χ3n) is 7.24. The molecule has 0 bridgehead atoms. The van der Waals surface area contributed by atoms with E-state index in [1.54, 1.807) is 12.1 Å². The molecule has 1 saturated heterocycles. The lowest BCUT2D eigenvalue weighted by Gasteiger charge is -2.36. The summed E-state index contributed by atoms with van der Waals surface area (Å²) in [5.41, 5.74) is 2.39. The third kappa shape index (κ3) is 3.49.